The number of methoxy groups -OCH3 is 2. The minimum Gasteiger partial charge on any atom is -0.493 e. The molecule has 0 fully saturated rings. The van der Waals surface area contributed by atoms with Crippen LogP contribution in [-0.2, 0) is 16.1 Å². The topological polar surface area (TPSA) is 65.1 Å². The monoisotopic (exact) mass is 361 g/mol. The Morgan fingerprint density at radius 3 is 2.35 bits per heavy atom. The Hall–Kier alpha value is -3.09. The Bertz CT molecular complexity index is 776. The van der Waals surface area contributed by atoms with Gasteiger partial charge in [-0.05, 0) is 35.9 Å². The lowest BCUT2D eigenvalue weighted by molar-refractivity contribution is -0.132. The second-order valence-electron chi connectivity index (χ2n) is 5.52. The molecular weight excluding hydrogens is 341 g/mol. The van der Waals surface area contributed by atoms with Gasteiger partial charge in [-0.3, -0.25) is 4.79 Å². The molecular formula is C19H20FNO5. The zero-order valence-electron chi connectivity index (χ0n) is 14.8. The van der Waals surface area contributed by atoms with Crippen molar-refractivity contribution in [2.45, 2.75) is 6.54 Å². The Labute approximate surface area is 151 Å². The van der Waals surface area contributed by atoms with Crippen LogP contribution in [0.2, 0.25) is 0 Å². The zero-order valence-corrected chi connectivity index (χ0v) is 14.8. The first kappa shape index (κ1) is 19.2. The summed E-state index contributed by atoms with van der Waals surface area (Å²) >= 11 is 0. The third kappa shape index (κ3) is 4.95. The molecule has 0 aromatic heterocycles. The third-order valence-corrected chi connectivity index (χ3v) is 3.69. The number of nitrogens with zero attached hydrogens (tertiary/aromatic N) is 1. The number of rotatable bonds is 7. The van der Waals surface area contributed by atoms with Gasteiger partial charge in [-0.15, -0.1) is 0 Å². The van der Waals surface area contributed by atoms with Crippen molar-refractivity contribution in [3.8, 4) is 11.5 Å². The SMILES string of the molecule is COC(=O)c1ccc(OCC(=O)N(C)Cc2ccc(F)cc2)c(OC)c1. The van der Waals surface area contributed by atoms with Crippen LogP contribution in [0.1, 0.15) is 15.9 Å². The van der Waals surface area contributed by atoms with E-state index in [9.17, 15) is 14.0 Å². The number of amides is 1. The van der Waals surface area contributed by atoms with Crippen LogP contribution in [0.25, 0.3) is 0 Å². The van der Waals surface area contributed by atoms with Gasteiger partial charge in [0.15, 0.2) is 18.1 Å². The lowest BCUT2D eigenvalue weighted by Gasteiger charge is -2.18. The molecule has 0 radical (unpaired) electrons. The van der Waals surface area contributed by atoms with E-state index in [0.717, 1.165) is 5.56 Å². The van der Waals surface area contributed by atoms with Crippen LogP contribution >= 0.6 is 0 Å². The predicted octanol–water partition coefficient (Wildman–Crippen LogP) is 2.66. The molecule has 0 saturated carbocycles. The molecule has 2 aromatic rings. The van der Waals surface area contributed by atoms with Crippen molar-refractivity contribution in [2.24, 2.45) is 0 Å². The van der Waals surface area contributed by atoms with Crippen LogP contribution in [0.15, 0.2) is 42.5 Å². The summed E-state index contributed by atoms with van der Waals surface area (Å²) in [6, 6.07) is 10.5. The van der Waals surface area contributed by atoms with Crippen molar-refractivity contribution in [2.75, 3.05) is 27.9 Å². The number of hydrogen-bond donors (Lipinski definition) is 0. The molecule has 0 heterocycles. The maximum atomic E-state index is 12.9. The summed E-state index contributed by atoms with van der Waals surface area (Å²) in [5.74, 6) is -0.419. The van der Waals surface area contributed by atoms with Gasteiger partial charge in [0.05, 0.1) is 19.8 Å². The molecule has 1 amide bonds. The van der Waals surface area contributed by atoms with Crippen molar-refractivity contribution in [1.82, 2.24) is 4.90 Å². The van der Waals surface area contributed by atoms with Crippen LogP contribution in [0.4, 0.5) is 4.39 Å². The van der Waals surface area contributed by atoms with E-state index in [1.165, 1.54) is 43.4 Å². The first-order valence-corrected chi connectivity index (χ1v) is 7.82. The second-order valence-corrected chi connectivity index (χ2v) is 5.52. The highest BCUT2D eigenvalue weighted by Crippen LogP contribution is 2.28. The van der Waals surface area contributed by atoms with Crippen molar-refractivity contribution in [3.05, 3.63) is 59.4 Å². The number of esters is 1. The summed E-state index contributed by atoms with van der Waals surface area (Å²) in [4.78, 5) is 25.2. The van der Waals surface area contributed by atoms with Gasteiger partial charge in [-0.25, -0.2) is 9.18 Å². The molecule has 0 saturated heterocycles. The van der Waals surface area contributed by atoms with Crippen LogP contribution in [0.5, 0.6) is 11.5 Å². The second kappa shape index (κ2) is 8.84. The molecule has 0 spiro atoms. The summed E-state index contributed by atoms with van der Waals surface area (Å²) in [5.41, 5.74) is 1.12. The van der Waals surface area contributed by atoms with E-state index in [1.807, 2.05) is 0 Å². The van der Waals surface area contributed by atoms with Gasteiger partial charge in [0, 0.05) is 13.6 Å². The third-order valence-electron chi connectivity index (χ3n) is 3.69. The molecule has 0 unspecified atom stereocenters. The van der Waals surface area contributed by atoms with Crippen LogP contribution in [-0.4, -0.2) is 44.7 Å². The summed E-state index contributed by atoms with van der Waals surface area (Å²) in [5, 5.41) is 0. The highest BCUT2D eigenvalue weighted by Gasteiger charge is 2.14. The normalized spacial score (nSPS) is 10.2. The lowest BCUT2D eigenvalue weighted by atomic mass is 10.2. The first-order valence-electron chi connectivity index (χ1n) is 7.82. The number of benzene rings is 2. The van der Waals surface area contributed by atoms with E-state index in [4.69, 9.17) is 9.47 Å². The van der Waals surface area contributed by atoms with Crippen molar-refractivity contribution >= 4 is 11.9 Å². The van der Waals surface area contributed by atoms with E-state index in [1.54, 1.807) is 25.2 Å². The predicted molar refractivity (Wildman–Crippen MR) is 92.7 cm³/mol. The molecule has 0 aliphatic carbocycles. The highest BCUT2D eigenvalue weighted by atomic mass is 19.1. The molecule has 2 aromatic carbocycles. The fourth-order valence-corrected chi connectivity index (χ4v) is 2.23. The Balaban J connectivity index is 1.97. The molecule has 2 rings (SSSR count). The maximum Gasteiger partial charge on any atom is 0.337 e. The number of halogens is 1. The van der Waals surface area contributed by atoms with Gasteiger partial charge in [0.2, 0.25) is 0 Å². The number of hydrogen-bond acceptors (Lipinski definition) is 5. The van der Waals surface area contributed by atoms with Crippen LogP contribution in [0, 0.1) is 5.82 Å². The van der Waals surface area contributed by atoms with Gasteiger partial charge in [-0.2, -0.15) is 0 Å². The Morgan fingerprint density at radius 1 is 1.04 bits per heavy atom. The molecule has 0 aliphatic rings. The number of carbonyl (C=O) groups is 2. The molecule has 0 atom stereocenters. The van der Waals surface area contributed by atoms with Gasteiger partial charge >= 0.3 is 5.97 Å². The van der Waals surface area contributed by atoms with E-state index < -0.39 is 5.97 Å². The number of likely N-dealkylation sites (N-methyl/N-ethyl adjacent to an activating group) is 1. The molecule has 7 heteroatoms. The Kier molecular flexibility index (Phi) is 6.54. The van der Waals surface area contributed by atoms with E-state index >= 15 is 0 Å². The van der Waals surface area contributed by atoms with Crippen LogP contribution in [0.3, 0.4) is 0 Å². The molecule has 6 nitrogen and oxygen atoms in total. The van der Waals surface area contributed by atoms with Gasteiger partial charge in [-0.1, -0.05) is 12.1 Å². The maximum absolute atomic E-state index is 12.9. The molecule has 0 bridgehead atoms. The largest absolute Gasteiger partial charge is 0.493 e. The molecule has 26 heavy (non-hydrogen) atoms. The first-order chi connectivity index (χ1) is 12.4. The van der Waals surface area contributed by atoms with E-state index in [2.05, 4.69) is 4.74 Å². The molecule has 0 N–H and O–H groups in total. The lowest BCUT2D eigenvalue weighted by Crippen LogP contribution is -2.31. The quantitative estimate of drug-likeness (QED) is 0.710. The summed E-state index contributed by atoms with van der Waals surface area (Å²) in [6.07, 6.45) is 0. The average molecular weight is 361 g/mol. The Morgan fingerprint density at radius 2 is 1.73 bits per heavy atom. The smallest absolute Gasteiger partial charge is 0.337 e. The number of ether oxygens (including phenoxy) is 3. The standard InChI is InChI=1S/C19H20FNO5/c1-21(11-13-4-7-15(20)8-5-13)18(22)12-26-16-9-6-14(19(23)25-3)10-17(16)24-2/h4-10H,11-12H2,1-3H3. The fourth-order valence-electron chi connectivity index (χ4n) is 2.23. The fraction of sp³-hybridized carbons (Fsp3) is 0.263. The van der Waals surface area contributed by atoms with Crippen molar-refractivity contribution in [1.29, 1.82) is 0 Å². The minimum absolute atomic E-state index is 0.203. The molecule has 0 aliphatic heterocycles. The van der Waals surface area contributed by atoms with Crippen LogP contribution < -0.4 is 9.47 Å². The van der Waals surface area contributed by atoms with E-state index in [-0.39, 0.29) is 18.3 Å². The van der Waals surface area contributed by atoms with Crippen molar-refractivity contribution in [3.63, 3.8) is 0 Å². The van der Waals surface area contributed by atoms with Gasteiger partial charge in [0.1, 0.15) is 5.82 Å². The summed E-state index contributed by atoms with van der Waals surface area (Å²) < 4.78 is 28.3. The highest BCUT2D eigenvalue weighted by molar-refractivity contribution is 5.90. The summed E-state index contributed by atoms with van der Waals surface area (Å²) in [6.45, 7) is 0.131. The minimum atomic E-state index is -0.495. The summed E-state index contributed by atoms with van der Waals surface area (Å²) in [7, 11) is 4.35. The van der Waals surface area contributed by atoms with Gasteiger partial charge < -0.3 is 19.1 Å². The van der Waals surface area contributed by atoms with Gasteiger partial charge in [0.25, 0.3) is 5.91 Å². The molecule has 138 valence electrons. The number of carbonyl (C=O) groups excluding carboxylic acids is 2. The average Bonchev–Trinajstić information content (AvgIpc) is 2.66. The zero-order chi connectivity index (χ0) is 19.1. The van der Waals surface area contributed by atoms with E-state index in [0.29, 0.717) is 23.6 Å². The van der Waals surface area contributed by atoms with Crippen molar-refractivity contribution < 1.29 is 28.2 Å².